The number of amides is 2. The summed E-state index contributed by atoms with van der Waals surface area (Å²) in [5.41, 5.74) is 0.370. The summed E-state index contributed by atoms with van der Waals surface area (Å²) < 4.78 is 29.9. The summed E-state index contributed by atoms with van der Waals surface area (Å²) in [6, 6.07) is 15.1. The van der Waals surface area contributed by atoms with Crippen molar-refractivity contribution >= 4 is 29.2 Å². The van der Waals surface area contributed by atoms with E-state index in [1.165, 1.54) is 7.11 Å². The molecule has 0 saturated carbocycles. The zero-order valence-corrected chi connectivity index (χ0v) is 26.3. The van der Waals surface area contributed by atoms with Gasteiger partial charge in [0.05, 0.1) is 18.1 Å². The second-order valence-corrected chi connectivity index (χ2v) is 13.0. The predicted octanol–water partition coefficient (Wildman–Crippen LogP) is 6.86. The summed E-state index contributed by atoms with van der Waals surface area (Å²) in [5, 5.41) is 0. The van der Waals surface area contributed by atoms with E-state index in [0.29, 0.717) is 11.0 Å². The van der Waals surface area contributed by atoms with Crippen LogP contribution in [0.5, 0.6) is 0 Å². The molecule has 4 rings (SSSR count). The molecular weight excluding hydrogens is 554 g/mol. The maximum absolute atomic E-state index is 13.1. The topological polar surface area (TPSA) is 118 Å². The summed E-state index contributed by atoms with van der Waals surface area (Å²) in [5.74, 6) is -0.541. The molecule has 1 aromatic heterocycles. The lowest BCUT2D eigenvalue weighted by molar-refractivity contribution is -0.397. The van der Waals surface area contributed by atoms with Crippen molar-refractivity contribution in [2.45, 2.75) is 91.1 Å². The highest BCUT2D eigenvalue weighted by atomic mass is 16.9. The van der Waals surface area contributed by atoms with Crippen molar-refractivity contribution < 1.29 is 38.1 Å². The zero-order chi connectivity index (χ0) is 31.7. The summed E-state index contributed by atoms with van der Waals surface area (Å²) in [7, 11) is 1.29. The van der Waals surface area contributed by atoms with Crippen molar-refractivity contribution in [3.63, 3.8) is 0 Å². The fraction of sp³-hybridized carbons (Fsp3) is 0.500. The monoisotopic (exact) mass is 595 g/mol. The van der Waals surface area contributed by atoms with Gasteiger partial charge in [-0.3, -0.25) is 0 Å². The highest BCUT2D eigenvalue weighted by Gasteiger charge is 2.37. The molecule has 11 heteroatoms. The molecular formula is C32H41N3O8. The van der Waals surface area contributed by atoms with Gasteiger partial charge in [0.15, 0.2) is 12.6 Å². The standard InChI is InChI=1S/C32H41N3O8/c1-30(2,3)42-28(37)34(29(38)43-31(4,5)6)18-17-32(7,8)35-23-19-21(15-16-22(23)33-24(35)25(36)39-9)27-40-26(41-27)20-13-11-10-12-14-20/h10-16,19,26-27H,17-18H2,1-9H3. The minimum atomic E-state index is -0.840. The number of imide groups is 1. The van der Waals surface area contributed by atoms with Gasteiger partial charge in [-0.05, 0) is 73.9 Å². The molecule has 2 aromatic carbocycles. The number of methoxy groups -OCH3 is 1. The number of rotatable bonds is 7. The van der Waals surface area contributed by atoms with Gasteiger partial charge in [-0.1, -0.05) is 36.4 Å². The van der Waals surface area contributed by atoms with Gasteiger partial charge < -0.3 is 28.3 Å². The molecule has 0 bridgehead atoms. The maximum atomic E-state index is 13.1. The van der Waals surface area contributed by atoms with E-state index in [2.05, 4.69) is 4.98 Å². The lowest BCUT2D eigenvalue weighted by Crippen LogP contribution is -2.45. The van der Waals surface area contributed by atoms with Crippen molar-refractivity contribution in [1.82, 2.24) is 14.5 Å². The Labute approximate surface area is 252 Å². The fourth-order valence-corrected chi connectivity index (χ4v) is 4.63. The van der Waals surface area contributed by atoms with Crippen LogP contribution < -0.4 is 0 Å². The third kappa shape index (κ3) is 7.52. The summed E-state index contributed by atoms with van der Waals surface area (Å²) in [6.07, 6.45) is -2.48. The van der Waals surface area contributed by atoms with Crippen LogP contribution in [0.1, 0.15) is 96.1 Å². The molecule has 0 aliphatic carbocycles. The Hall–Kier alpha value is -3.96. The van der Waals surface area contributed by atoms with Crippen LogP contribution in [0.4, 0.5) is 9.59 Å². The molecule has 43 heavy (non-hydrogen) atoms. The number of ether oxygens (including phenoxy) is 5. The minimum absolute atomic E-state index is 0.0512. The smallest absolute Gasteiger partial charge is 0.419 e. The SMILES string of the molecule is COC(=O)c1nc2ccc(C3OC(c4ccccc4)O3)cc2n1C(C)(C)CCN(C(=O)OC(C)(C)C)C(=O)OC(C)(C)C. The van der Waals surface area contributed by atoms with Gasteiger partial charge in [0.2, 0.25) is 5.82 Å². The minimum Gasteiger partial charge on any atom is -0.463 e. The summed E-state index contributed by atoms with van der Waals surface area (Å²) >= 11 is 0. The van der Waals surface area contributed by atoms with E-state index in [9.17, 15) is 14.4 Å². The van der Waals surface area contributed by atoms with Gasteiger partial charge in [0, 0.05) is 23.2 Å². The summed E-state index contributed by atoms with van der Waals surface area (Å²) in [4.78, 5) is 44.6. The molecule has 0 spiro atoms. The maximum Gasteiger partial charge on any atom is 0.419 e. The van der Waals surface area contributed by atoms with Crippen LogP contribution in [-0.4, -0.2) is 57.5 Å². The second kappa shape index (κ2) is 12.0. The van der Waals surface area contributed by atoms with Crippen LogP contribution in [0, 0.1) is 0 Å². The van der Waals surface area contributed by atoms with E-state index < -0.39 is 47.5 Å². The Morgan fingerprint density at radius 1 is 0.837 bits per heavy atom. The number of fused-ring (bicyclic) bond motifs is 1. The van der Waals surface area contributed by atoms with E-state index in [-0.39, 0.29) is 18.8 Å². The molecule has 3 aromatic rings. The van der Waals surface area contributed by atoms with Crippen molar-refractivity contribution in [2.75, 3.05) is 13.7 Å². The molecule has 1 aliphatic heterocycles. The molecule has 1 saturated heterocycles. The Morgan fingerprint density at radius 3 is 1.93 bits per heavy atom. The van der Waals surface area contributed by atoms with Crippen LogP contribution >= 0.6 is 0 Å². The van der Waals surface area contributed by atoms with Crippen LogP contribution in [0.15, 0.2) is 48.5 Å². The lowest BCUT2D eigenvalue weighted by Gasteiger charge is -2.36. The first-order chi connectivity index (χ1) is 20.0. The van der Waals surface area contributed by atoms with Gasteiger partial charge in [-0.15, -0.1) is 0 Å². The van der Waals surface area contributed by atoms with Gasteiger partial charge in [0.1, 0.15) is 11.2 Å². The number of carbonyl (C=O) groups is 3. The van der Waals surface area contributed by atoms with Crippen molar-refractivity contribution in [2.24, 2.45) is 0 Å². The molecule has 1 fully saturated rings. The third-order valence-electron chi connectivity index (χ3n) is 6.67. The predicted molar refractivity (Wildman–Crippen MR) is 158 cm³/mol. The van der Waals surface area contributed by atoms with Crippen LogP contribution in [0.25, 0.3) is 11.0 Å². The average molecular weight is 596 g/mol. The highest BCUT2D eigenvalue weighted by molar-refractivity contribution is 5.91. The number of nitrogens with zero attached hydrogens (tertiary/aromatic N) is 3. The van der Waals surface area contributed by atoms with Crippen molar-refractivity contribution in [1.29, 1.82) is 0 Å². The number of benzene rings is 2. The average Bonchev–Trinajstić information content (AvgIpc) is 3.26. The number of imidazole rings is 1. The number of aromatic nitrogens is 2. The van der Waals surface area contributed by atoms with Gasteiger partial charge in [-0.2, -0.15) is 0 Å². The quantitative estimate of drug-likeness (QED) is 0.213. The normalized spacial score (nSPS) is 17.2. The van der Waals surface area contributed by atoms with E-state index in [1.807, 2.05) is 56.3 Å². The zero-order valence-electron chi connectivity index (χ0n) is 26.3. The third-order valence-corrected chi connectivity index (χ3v) is 6.67. The molecule has 2 amide bonds. The van der Waals surface area contributed by atoms with E-state index in [4.69, 9.17) is 23.7 Å². The first kappa shape index (κ1) is 32.0. The van der Waals surface area contributed by atoms with Crippen LogP contribution in [0.3, 0.4) is 0 Å². The van der Waals surface area contributed by atoms with Gasteiger partial charge >= 0.3 is 18.2 Å². The molecule has 0 atom stereocenters. The molecule has 2 heterocycles. The first-order valence-corrected chi connectivity index (χ1v) is 14.2. The molecule has 1 aliphatic rings. The molecule has 0 unspecified atom stereocenters. The van der Waals surface area contributed by atoms with Crippen LogP contribution in [0.2, 0.25) is 0 Å². The Morgan fingerprint density at radius 2 is 1.40 bits per heavy atom. The van der Waals surface area contributed by atoms with Crippen molar-refractivity contribution in [3.05, 3.63) is 65.5 Å². The van der Waals surface area contributed by atoms with Crippen LogP contribution in [-0.2, 0) is 29.2 Å². The Balaban J connectivity index is 1.64. The van der Waals surface area contributed by atoms with Gasteiger partial charge in [0.25, 0.3) is 0 Å². The lowest BCUT2D eigenvalue weighted by atomic mass is 9.98. The number of esters is 1. The molecule has 232 valence electrons. The second-order valence-electron chi connectivity index (χ2n) is 13.0. The number of hydrogen-bond donors (Lipinski definition) is 0. The Bertz CT molecular complexity index is 1450. The van der Waals surface area contributed by atoms with Gasteiger partial charge in [-0.25, -0.2) is 24.3 Å². The molecule has 0 radical (unpaired) electrons. The van der Waals surface area contributed by atoms with E-state index in [1.54, 1.807) is 52.2 Å². The highest BCUT2D eigenvalue weighted by Crippen LogP contribution is 2.42. The Kier molecular flexibility index (Phi) is 8.90. The van der Waals surface area contributed by atoms with E-state index in [0.717, 1.165) is 16.0 Å². The van der Waals surface area contributed by atoms with Crippen molar-refractivity contribution in [3.8, 4) is 0 Å². The largest absolute Gasteiger partial charge is 0.463 e. The first-order valence-electron chi connectivity index (χ1n) is 14.2. The fourth-order valence-electron chi connectivity index (χ4n) is 4.63. The van der Waals surface area contributed by atoms with E-state index >= 15 is 0 Å². The number of hydrogen-bond acceptors (Lipinski definition) is 9. The number of carbonyl (C=O) groups excluding carboxylic acids is 3. The summed E-state index contributed by atoms with van der Waals surface area (Å²) in [6.45, 7) is 14.0. The molecule has 11 nitrogen and oxygen atoms in total. The molecule has 0 N–H and O–H groups in total.